The maximum atomic E-state index is 12.6. The Morgan fingerprint density at radius 2 is 1.23 bits per heavy atom. The molecule has 0 N–H and O–H groups in total. The van der Waals surface area contributed by atoms with Crippen LogP contribution in [0.4, 0.5) is 0 Å². The number of nitrogens with zero attached hydrogens (tertiary/aromatic N) is 1. The maximum absolute atomic E-state index is 12.6. The average Bonchev–Trinajstić information content (AvgIpc) is 3.05. The van der Waals surface area contributed by atoms with Crippen LogP contribution in [0.1, 0.15) is 5.56 Å². The summed E-state index contributed by atoms with van der Waals surface area (Å²) >= 11 is 0. The predicted octanol–water partition coefficient (Wildman–Crippen LogP) is 5.02. The van der Waals surface area contributed by atoms with Crippen LogP contribution in [0.25, 0.3) is 22.6 Å². The SMILES string of the molecule is O=c1oc(-c2ccccc2)c(-c2ccccc2)n1CCc1ccccc1. The normalized spacial score (nSPS) is 10.8. The number of oxazole rings is 1. The van der Waals surface area contributed by atoms with Gasteiger partial charge in [0.2, 0.25) is 0 Å². The van der Waals surface area contributed by atoms with Crippen LogP contribution in [0.3, 0.4) is 0 Å². The molecule has 0 fully saturated rings. The molecule has 4 rings (SSSR count). The highest BCUT2D eigenvalue weighted by Gasteiger charge is 2.19. The van der Waals surface area contributed by atoms with E-state index in [1.54, 1.807) is 4.57 Å². The number of aromatic nitrogens is 1. The molecule has 0 aliphatic rings. The van der Waals surface area contributed by atoms with Gasteiger partial charge in [0.15, 0.2) is 5.76 Å². The van der Waals surface area contributed by atoms with Crippen LogP contribution in [0.15, 0.2) is 100 Å². The van der Waals surface area contributed by atoms with Crippen molar-refractivity contribution in [1.82, 2.24) is 4.57 Å². The highest BCUT2D eigenvalue weighted by Crippen LogP contribution is 2.31. The maximum Gasteiger partial charge on any atom is 0.420 e. The summed E-state index contributed by atoms with van der Waals surface area (Å²) in [5, 5.41) is 0. The van der Waals surface area contributed by atoms with Crippen molar-refractivity contribution in [2.24, 2.45) is 0 Å². The Morgan fingerprint density at radius 1 is 0.692 bits per heavy atom. The van der Waals surface area contributed by atoms with E-state index in [9.17, 15) is 4.79 Å². The minimum atomic E-state index is -0.321. The van der Waals surface area contributed by atoms with E-state index in [4.69, 9.17) is 4.42 Å². The van der Waals surface area contributed by atoms with Crippen molar-refractivity contribution in [2.45, 2.75) is 13.0 Å². The lowest BCUT2D eigenvalue weighted by Gasteiger charge is -2.09. The summed E-state index contributed by atoms with van der Waals surface area (Å²) in [6.45, 7) is 0.573. The molecule has 3 aromatic carbocycles. The Morgan fingerprint density at radius 3 is 1.85 bits per heavy atom. The zero-order valence-electron chi connectivity index (χ0n) is 14.3. The molecule has 1 heterocycles. The number of aryl methyl sites for hydroxylation is 1. The summed E-state index contributed by atoms with van der Waals surface area (Å²) in [6, 6.07) is 29.9. The second-order valence-corrected chi connectivity index (χ2v) is 6.16. The molecule has 3 nitrogen and oxygen atoms in total. The first-order chi connectivity index (χ1) is 12.8. The van der Waals surface area contributed by atoms with Crippen LogP contribution in [-0.2, 0) is 13.0 Å². The van der Waals surface area contributed by atoms with Crippen LogP contribution in [0.2, 0.25) is 0 Å². The van der Waals surface area contributed by atoms with Crippen molar-refractivity contribution in [3.63, 3.8) is 0 Å². The lowest BCUT2D eigenvalue weighted by Crippen LogP contribution is -2.16. The second-order valence-electron chi connectivity index (χ2n) is 6.16. The second kappa shape index (κ2) is 7.28. The fourth-order valence-corrected chi connectivity index (χ4v) is 3.16. The molecule has 0 aliphatic heterocycles. The molecule has 128 valence electrons. The van der Waals surface area contributed by atoms with E-state index in [1.807, 2.05) is 78.9 Å². The summed E-state index contributed by atoms with van der Waals surface area (Å²) in [6.07, 6.45) is 0.772. The summed E-state index contributed by atoms with van der Waals surface area (Å²) < 4.78 is 7.42. The molecule has 0 unspecified atom stereocenters. The van der Waals surface area contributed by atoms with Gasteiger partial charge in [-0.1, -0.05) is 91.0 Å². The topological polar surface area (TPSA) is 35.1 Å². The zero-order chi connectivity index (χ0) is 17.8. The van der Waals surface area contributed by atoms with Gasteiger partial charge in [0.1, 0.15) is 0 Å². The smallest absolute Gasteiger partial charge is 0.407 e. The summed E-state index contributed by atoms with van der Waals surface area (Å²) in [5.74, 6) is 0.300. The Kier molecular flexibility index (Phi) is 4.52. The third-order valence-corrected chi connectivity index (χ3v) is 4.44. The Labute approximate surface area is 152 Å². The van der Waals surface area contributed by atoms with E-state index in [-0.39, 0.29) is 5.76 Å². The third-order valence-electron chi connectivity index (χ3n) is 4.44. The van der Waals surface area contributed by atoms with Gasteiger partial charge in [-0.25, -0.2) is 4.79 Å². The molecular weight excluding hydrogens is 322 g/mol. The van der Waals surface area contributed by atoms with E-state index in [0.717, 1.165) is 23.2 Å². The van der Waals surface area contributed by atoms with Crippen LogP contribution >= 0.6 is 0 Å². The fraction of sp³-hybridized carbons (Fsp3) is 0.0870. The standard InChI is InChI=1S/C23H19NO2/c25-23-24(17-16-18-10-4-1-5-11-18)21(19-12-6-2-7-13-19)22(26-23)20-14-8-3-9-15-20/h1-15H,16-17H2. The lowest BCUT2D eigenvalue weighted by molar-refractivity contribution is 0.487. The van der Waals surface area contributed by atoms with E-state index >= 15 is 0 Å². The van der Waals surface area contributed by atoms with Crippen molar-refractivity contribution >= 4 is 0 Å². The van der Waals surface area contributed by atoms with Crippen molar-refractivity contribution in [3.05, 3.63) is 107 Å². The van der Waals surface area contributed by atoms with Gasteiger partial charge in [0, 0.05) is 17.7 Å². The Hall–Kier alpha value is -3.33. The monoisotopic (exact) mass is 341 g/mol. The molecule has 0 radical (unpaired) electrons. The largest absolute Gasteiger partial charge is 0.420 e. The Balaban J connectivity index is 1.80. The minimum Gasteiger partial charge on any atom is -0.407 e. The highest BCUT2D eigenvalue weighted by molar-refractivity contribution is 5.77. The van der Waals surface area contributed by atoms with Crippen LogP contribution < -0.4 is 5.76 Å². The first kappa shape index (κ1) is 16.2. The van der Waals surface area contributed by atoms with Gasteiger partial charge < -0.3 is 4.42 Å². The van der Waals surface area contributed by atoms with E-state index < -0.39 is 0 Å². The van der Waals surface area contributed by atoms with Crippen LogP contribution in [-0.4, -0.2) is 4.57 Å². The van der Waals surface area contributed by atoms with Crippen LogP contribution in [0, 0.1) is 0 Å². The van der Waals surface area contributed by atoms with Crippen molar-refractivity contribution in [2.75, 3.05) is 0 Å². The summed E-state index contributed by atoms with van der Waals surface area (Å²) in [4.78, 5) is 12.6. The van der Waals surface area contributed by atoms with Gasteiger partial charge >= 0.3 is 5.76 Å². The quantitative estimate of drug-likeness (QED) is 0.511. The third kappa shape index (κ3) is 3.24. The molecule has 0 spiro atoms. The average molecular weight is 341 g/mol. The van der Waals surface area contributed by atoms with Gasteiger partial charge in [-0.15, -0.1) is 0 Å². The number of benzene rings is 3. The van der Waals surface area contributed by atoms with Gasteiger partial charge in [0.25, 0.3) is 0 Å². The molecule has 0 bridgehead atoms. The Bertz CT molecular complexity index is 1030. The first-order valence-corrected chi connectivity index (χ1v) is 8.71. The molecule has 1 aromatic heterocycles. The zero-order valence-corrected chi connectivity index (χ0v) is 14.3. The molecule has 0 saturated carbocycles. The fourth-order valence-electron chi connectivity index (χ4n) is 3.16. The first-order valence-electron chi connectivity index (χ1n) is 8.71. The van der Waals surface area contributed by atoms with Crippen LogP contribution in [0.5, 0.6) is 0 Å². The van der Waals surface area contributed by atoms with E-state index in [2.05, 4.69) is 12.1 Å². The van der Waals surface area contributed by atoms with Crippen molar-refractivity contribution < 1.29 is 4.42 Å². The molecule has 0 atom stereocenters. The molecule has 4 aromatic rings. The van der Waals surface area contributed by atoms with Crippen molar-refractivity contribution in [1.29, 1.82) is 0 Å². The molecule has 3 heteroatoms. The van der Waals surface area contributed by atoms with Gasteiger partial charge in [-0.3, -0.25) is 4.57 Å². The van der Waals surface area contributed by atoms with Gasteiger partial charge in [-0.05, 0) is 12.0 Å². The molecule has 0 amide bonds. The molecule has 0 aliphatic carbocycles. The number of rotatable bonds is 5. The minimum absolute atomic E-state index is 0.321. The van der Waals surface area contributed by atoms with E-state index in [1.165, 1.54) is 5.56 Å². The highest BCUT2D eigenvalue weighted by atomic mass is 16.4. The van der Waals surface area contributed by atoms with Crippen molar-refractivity contribution in [3.8, 4) is 22.6 Å². The molecular formula is C23H19NO2. The number of hydrogen-bond donors (Lipinski definition) is 0. The summed E-state index contributed by atoms with van der Waals surface area (Å²) in [7, 11) is 0. The van der Waals surface area contributed by atoms with E-state index in [0.29, 0.717) is 12.3 Å². The lowest BCUT2D eigenvalue weighted by atomic mass is 10.1. The van der Waals surface area contributed by atoms with Gasteiger partial charge in [-0.2, -0.15) is 0 Å². The van der Waals surface area contributed by atoms with Gasteiger partial charge in [0.05, 0.1) is 5.69 Å². The molecule has 0 saturated heterocycles. The predicted molar refractivity (Wildman–Crippen MR) is 104 cm³/mol. The summed E-state index contributed by atoms with van der Waals surface area (Å²) in [5.41, 5.74) is 3.91. The molecule has 26 heavy (non-hydrogen) atoms. The number of hydrogen-bond acceptors (Lipinski definition) is 2.